The molecule has 0 aliphatic carbocycles. The topological polar surface area (TPSA) is 186 Å². The van der Waals surface area contributed by atoms with E-state index in [1.165, 1.54) is 0 Å². The fourth-order valence-corrected chi connectivity index (χ4v) is 3.21. The highest BCUT2D eigenvalue weighted by atomic mass is 16.6. The van der Waals surface area contributed by atoms with Crippen molar-refractivity contribution in [2.45, 2.75) is 52.9 Å². The van der Waals surface area contributed by atoms with Crippen LogP contribution >= 0.6 is 0 Å². The number of anilines is 3. The molecule has 1 aliphatic heterocycles. The number of rotatable bonds is 7. The molecule has 2 unspecified atom stereocenters. The number of imide groups is 1. The van der Waals surface area contributed by atoms with Gasteiger partial charge in [0.25, 0.3) is 5.56 Å². The van der Waals surface area contributed by atoms with Gasteiger partial charge in [-0.05, 0) is 0 Å². The summed E-state index contributed by atoms with van der Waals surface area (Å²) in [5.41, 5.74) is -0.779. The van der Waals surface area contributed by atoms with Crippen molar-refractivity contribution in [3.63, 3.8) is 0 Å². The third kappa shape index (κ3) is 6.51. The first-order chi connectivity index (χ1) is 15.4. The maximum absolute atomic E-state index is 12.7. The molecule has 2 heterocycles. The second-order valence-corrected chi connectivity index (χ2v) is 7.14. The van der Waals surface area contributed by atoms with Crippen LogP contribution in [0.15, 0.2) is 4.79 Å². The van der Waals surface area contributed by atoms with Gasteiger partial charge in [-0.2, -0.15) is 4.98 Å². The van der Waals surface area contributed by atoms with E-state index in [1.54, 1.807) is 0 Å². The van der Waals surface area contributed by atoms with Gasteiger partial charge in [-0.15, -0.1) is 0 Å². The number of nitrogens with one attached hydrogen (secondary N) is 3. The SMILES string of the molecule is CC(=O)OC[C@H](OC(C)=O)C(OC(C)=O)C1CNc2nc(N(C(C)=O)C(C)=O)[nH]c(=O)c2N1. The van der Waals surface area contributed by atoms with Gasteiger partial charge in [-0.1, -0.05) is 0 Å². The molecule has 33 heavy (non-hydrogen) atoms. The first-order valence-electron chi connectivity index (χ1n) is 9.84. The summed E-state index contributed by atoms with van der Waals surface area (Å²) >= 11 is 0. The van der Waals surface area contributed by atoms with Crippen LogP contribution in [0.2, 0.25) is 0 Å². The van der Waals surface area contributed by atoms with Gasteiger partial charge < -0.3 is 24.8 Å². The molecule has 3 atom stereocenters. The van der Waals surface area contributed by atoms with Crippen LogP contribution in [0.1, 0.15) is 34.6 Å². The van der Waals surface area contributed by atoms with Gasteiger partial charge in [0.05, 0.1) is 6.04 Å². The Morgan fingerprint density at radius 2 is 1.61 bits per heavy atom. The lowest BCUT2D eigenvalue weighted by Gasteiger charge is -2.36. The lowest BCUT2D eigenvalue weighted by atomic mass is 10.0. The molecule has 0 saturated heterocycles. The Balaban J connectivity index is 2.39. The van der Waals surface area contributed by atoms with Gasteiger partial charge in [-0.25, -0.2) is 4.90 Å². The van der Waals surface area contributed by atoms with Crippen LogP contribution in [0.3, 0.4) is 0 Å². The molecule has 3 N–H and O–H groups in total. The van der Waals surface area contributed by atoms with Crippen LogP contribution in [-0.4, -0.2) is 71.1 Å². The Hall–Kier alpha value is -3.97. The van der Waals surface area contributed by atoms with Crippen molar-refractivity contribution in [2.75, 3.05) is 28.7 Å². The number of carbonyl (C=O) groups excluding carboxylic acids is 5. The lowest BCUT2D eigenvalue weighted by Crippen LogP contribution is -2.53. The third-order valence-electron chi connectivity index (χ3n) is 4.40. The molecule has 180 valence electrons. The van der Waals surface area contributed by atoms with Gasteiger partial charge in [0.1, 0.15) is 12.3 Å². The summed E-state index contributed by atoms with van der Waals surface area (Å²) in [6.07, 6.45) is -2.33. The molecule has 1 aromatic rings. The molecule has 0 fully saturated rings. The van der Waals surface area contributed by atoms with Crippen LogP contribution in [-0.2, 0) is 38.2 Å². The summed E-state index contributed by atoms with van der Waals surface area (Å²) in [7, 11) is 0. The quantitative estimate of drug-likeness (QED) is 0.339. The van der Waals surface area contributed by atoms with Crippen molar-refractivity contribution < 1.29 is 38.2 Å². The van der Waals surface area contributed by atoms with Gasteiger partial charge in [0, 0.05) is 41.2 Å². The van der Waals surface area contributed by atoms with E-state index in [9.17, 15) is 28.8 Å². The highest BCUT2D eigenvalue weighted by molar-refractivity contribution is 6.11. The number of aromatic amines is 1. The predicted molar refractivity (Wildman–Crippen MR) is 112 cm³/mol. The number of nitrogens with zero attached hydrogens (tertiary/aromatic N) is 2. The van der Waals surface area contributed by atoms with Gasteiger partial charge in [0.2, 0.25) is 17.8 Å². The molecule has 1 aromatic heterocycles. The number of ether oxygens (including phenoxy) is 3. The molecule has 0 radical (unpaired) electrons. The van der Waals surface area contributed by atoms with E-state index < -0.39 is 60.1 Å². The van der Waals surface area contributed by atoms with E-state index in [-0.39, 0.29) is 24.0 Å². The predicted octanol–water partition coefficient (Wildman–Crippen LogP) is -0.698. The Kier molecular flexibility index (Phi) is 8.10. The van der Waals surface area contributed by atoms with Crippen LogP contribution in [0.5, 0.6) is 0 Å². The number of hydrogen-bond acceptors (Lipinski definition) is 12. The van der Waals surface area contributed by atoms with Crippen molar-refractivity contribution in [3.05, 3.63) is 10.4 Å². The molecule has 1 aliphatic rings. The molecular formula is C19H25N5O9. The highest BCUT2D eigenvalue weighted by Gasteiger charge is 2.38. The van der Waals surface area contributed by atoms with Crippen molar-refractivity contribution in [1.82, 2.24) is 9.97 Å². The largest absolute Gasteiger partial charge is 0.462 e. The standard InChI is InChI=1S/C19H25N5O9/c1-8(25)24(9(2)26)19-22-17-15(18(30)23-19)21-13(6-20-17)16(33-12(5)29)14(32-11(4)28)7-31-10(3)27/h13-14,16,21H,6-7H2,1-5H3,(H2,20,22,23,30)/t13?,14-,16?/m0/s1. The lowest BCUT2D eigenvalue weighted by molar-refractivity contribution is -0.174. The van der Waals surface area contributed by atoms with E-state index >= 15 is 0 Å². The monoisotopic (exact) mass is 467 g/mol. The van der Waals surface area contributed by atoms with Crippen LogP contribution in [0.4, 0.5) is 17.5 Å². The summed E-state index contributed by atoms with van der Waals surface area (Å²) in [6, 6.07) is -0.813. The van der Waals surface area contributed by atoms with E-state index in [0.29, 0.717) is 4.90 Å². The first-order valence-corrected chi connectivity index (χ1v) is 9.84. The van der Waals surface area contributed by atoms with E-state index in [0.717, 1.165) is 34.6 Å². The van der Waals surface area contributed by atoms with Crippen molar-refractivity contribution in [3.8, 4) is 0 Å². The number of carbonyl (C=O) groups is 5. The second kappa shape index (κ2) is 10.6. The zero-order valence-electron chi connectivity index (χ0n) is 18.7. The Labute approximate surface area is 188 Å². The zero-order chi connectivity index (χ0) is 24.9. The highest BCUT2D eigenvalue weighted by Crippen LogP contribution is 2.25. The van der Waals surface area contributed by atoms with E-state index in [2.05, 4.69) is 20.6 Å². The number of amides is 2. The molecule has 0 spiro atoms. The molecule has 14 nitrogen and oxygen atoms in total. The van der Waals surface area contributed by atoms with Crippen molar-refractivity contribution >= 4 is 47.2 Å². The van der Waals surface area contributed by atoms with Crippen LogP contribution in [0, 0.1) is 0 Å². The number of fused-ring (bicyclic) bond motifs is 1. The van der Waals surface area contributed by atoms with E-state index in [4.69, 9.17) is 14.2 Å². The smallest absolute Gasteiger partial charge is 0.303 e. The Bertz CT molecular complexity index is 1010. The zero-order valence-corrected chi connectivity index (χ0v) is 18.7. The molecule has 14 heteroatoms. The average Bonchev–Trinajstić information content (AvgIpc) is 2.68. The summed E-state index contributed by atoms with van der Waals surface area (Å²) in [4.78, 5) is 77.9. The van der Waals surface area contributed by atoms with Gasteiger partial charge in [-0.3, -0.25) is 33.8 Å². The van der Waals surface area contributed by atoms with Crippen LogP contribution < -0.4 is 21.1 Å². The fourth-order valence-electron chi connectivity index (χ4n) is 3.21. The minimum atomic E-state index is -1.17. The first kappa shape index (κ1) is 25.3. The Morgan fingerprint density at radius 1 is 1.00 bits per heavy atom. The maximum atomic E-state index is 12.7. The maximum Gasteiger partial charge on any atom is 0.303 e. The molecule has 2 rings (SSSR count). The molecule has 0 aromatic carbocycles. The third-order valence-corrected chi connectivity index (χ3v) is 4.40. The summed E-state index contributed by atoms with van der Waals surface area (Å²) in [6.45, 7) is 5.37. The average molecular weight is 467 g/mol. The molecule has 2 amide bonds. The summed E-state index contributed by atoms with van der Waals surface area (Å²) < 4.78 is 15.5. The summed E-state index contributed by atoms with van der Waals surface area (Å²) in [5, 5.41) is 5.74. The molecule has 0 bridgehead atoms. The fraction of sp³-hybridized carbons (Fsp3) is 0.526. The normalized spacial score (nSPS) is 16.1. The van der Waals surface area contributed by atoms with Crippen molar-refractivity contribution in [2.24, 2.45) is 0 Å². The number of aromatic nitrogens is 2. The van der Waals surface area contributed by atoms with Gasteiger partial charge in [0.15, 0.2) is 18.0 Å². The van der Waals surface area contributed by atoms with Crippen molar-refractivity contribution in [1.29, 1.82) is 0 Å². The second-order valence-electron chi connectivity index (χ2n) is 7.14. The van der Waals surface area contributed by atoms with E-state index in [1.807, 2.05) is 0 Å². The minimum Gasteiger partial charge on any atom is -0.462 e. The van der Waals surface area contributed by atoms with Crippen LogP contribution in [0.25, 0.3) is 0 Å². The number of esters is 3. The van der Waals surface area contributed by atoms with Gasteiger partial charge >= 0.3 is 17.9 Å². The Morgan fingerprint density at radius 3 is 2.12 bits per heavy atom. The summed E-state index contributed by atoms with van der Waals surface area (Å²) in [5.74, 6) is -3.55. The molecular weight excluding hydrogens is 442 g/mol. The number of hydrogen-bond donors (Lipinski definition) is 3. The molecule has 0 saturated carbocycles. The minimum absolute atomic E-state index is 0.0266. The number of H-pyrrole nitrogens is 1.